The van der Waals surface area contributed by atoms with E-state index in [9.17, 15) is 4.79 Å². The molecule has 86 valence electrons. The molecule has 2 rings (SSSR count). The van der Waals surface area contributed by atoms with Crippen LogP contribution in [0.2, 0.25) is 0 Å². The molecule has 1 heterocycles. The van der Waals surface area contributed by atoms with Crippen LogP contribution in [-0.4, -0.2) is 12.6 Å². The molecule has 0 radical (unpaired) electrons. The molecule has 0 aliphatic rings. The Hall–Kier alpha value is -1.38. The van der Waals surface area contributed by atoms with Gasteiger partial charge in [-0.2, -0.15) is 5.26 Å². The third-order valence-electron chi connectivity index (χ3n) is 2.18. The molecule has 17 heavy (non-hydrogen) atoms. The number of hydrogen-bond acceptors (Lipinski definition) is 4. The van der Waals surface area contributed by atoms with Crippen LogP contribution in [0.3, 0.4) is 0 Å². The Kier molecular flexibility index (Phi) is 3.46. The van der Waals surface area contributed by atoms with Gasteiger partial charge in [0.2, 0.25) is 0 Å². The summed E-state index contributed by atoms with van der Waals surface area (Å²) in [5, 5.41) is 9.91. The standard InChI is InChI=1S/C12H8BrNO2S/c1-2-16-12(15)10-5-7-3-9(13)4-8(6-14)11(7)17-10/h3-5H,2H2,1H3. The fourth-order valence-electron chi connectivity index (χ4n) is 1.50. The lowest BCUT2D eigenvalue weighted by atomic mass is 10.2. The Morgan fingerprint density at radius 1 is 1.53 bits per heavy atom. The summed E-state index contributed by atoms with van der Waals surface area (Å²) in [6, 6.07) is 7.51. The Bertz CT molecular complexity index is 627. The molecule has 0 spiro atoms. The molecule has 2 aromatic rings. The van der Waals surface area contributed by atoms with Crippen molar-refractivity contribution in [3.05, 3.63) is 33.1 Å². The number of rotatable bonds is 2. The van der Waals surface area contributed by atoms with Gasteiger partial charge in [0.25, 0.3) is 0 Å². The molecular weight excluding hydrogens is 302 g/mol. The second-order valence-corrected chi connectivity index (χ2v) is 5.28. The average Bonchev–Trinajstić information content (AvgIpc) is 2.71. The summed E-state index contributed by atoms with van der Waals surface area (Å²) in [6.45, 7) is 2.12. The summed E-state index contributed by atoms with van der Waals surface area (Å²) in [4.78, 5) is 12.1. The normalized spacial score (nSPS) is 10.2. The SMILES string of the molecule is CCOC(=O)c1cc2cc(Br)cc(C#N)c2s1. The van der Waals surface area contributed by atoms with Crippen molar-refractivity contribution in [2.75, 3.05) is 6.61 Å². The van der Waals surface area contributed by atoms with Crippen molar-refractivity contribution in [3.8, 4) is 6.07 Å². The van der Waals surface area contributed by atoms with Crippen molar-refractivity contribution >= 4 is 43.3 Å². The van der Waals surface area contributed by atoms with Crippen LogP contribution in [0.25, 0.3) is 10.1 Å². The van der Waals surface area contributed by atoms with Crippen LogP contribution in [0.5, 0.6) is 0 Å². The number of fused-ring (bicyclic) bond motifs is 1. The third kappa shape index (κ3) is 2.33. The molecule has 0 atom stereocenters. The molecule has 0 amide bonds. The zero-order valence-electron chi connectivity index (χ0n) is 8.99. The van der Waals surface area contributed by atoms with Crippen molar-refractivity contribution in [2.24, 2.45) is 0 Å². The summed E-state index contributed by atoms with van der Waals surface area (Å²) < 4.78 is 6.58. The highest BCUT2D eigenvalue weighted by Crippen LogP contribution is 2.31. The lowest BCUT2D eigenvalue weighted by molar-refractivity contribution is 0.0532. The lowest BCUT2D eigenvalue weighted by Gasteiger charge is -1.95. The summed E-state index contributed by atoms with van der Waals surface area (Å²) in [5.74, 6) is -0.339. The maximum Gasteiger partial charge on any atom is 0.348 e. The van der Waals surface area contributed by atoms with Crippen LogP contribution in [0.1, 0.15) is 22.2 Å². The summed E-state index contributed by atoms with van der Waals surface area (Å²) in [6.07, 6.45) is 0. The summed E-state index contributed by atoms with van der Waals surface area (Å²) in [5.41, 5.74) is 0.565. The molecule has 0 N–H and O–H groups in total. The highest BCUT2D eigenvalue weighted by molar-refractivity contribution is 9.10. The van der Waals surface area contributed by atoms with Gasteiger partial charge in [-0.05, 0) is 30.5 Å². The van der Waals surface area contributed by atoms with Gasteiger partial charge in [-0.1, -0.05) is 15.9 Å². The van der Waals surface area contributed by atoms with E-state index in [4.69, 9.17) is 10.00 Å². The Morgan fingerprint density at radius 3 is 2.94 bits per heavy atom. The van der Waals surface area contributed by atoms with Gasteiger partial charge in [-0.25, -0.2) is 4.79 Å². The number of nitriles is 1. The smallest absolute Gasteiger partial charge is 0.348 e. The number of nitrogens with zero attached hydrogens (tertiary/aromatic N) is 1. The van der Waals surface area contributed by atoms with Crippen molar-refractivity contribution in [2.45, 2.75) is 6.92 Å². The molecule has 5 heteroatoms. The first-order chi connectivity index (χ1) is 8.15. The molecule has 0 saturated heterocycles. The van der Waals surface area contributed by atoms with Gasteiger partial charge in [0.15, 0.2) is 0 Å². The highest BCUT2D eigenvalue weighted by Gasteiger charge is 2.13. The minimum Gasteiger partial charge on any atom is -0.462 e. The van der Waals surface area contributed by atoms with E-state index in [1.165, 1.54) is 11.3 Å². The first-order valence-corrected chi connectivity index (χ1v) is 6.57. The van der Waals surface area contributed by atoms with Crippen LogP contribution in [0, 0.1) is 11.3 Å². The number of benzene rings is 1. The van der Waals surface area contributed by atoms with E-state index >= 15 is 0 Å². The fourth-order valence-corrected chi connectivity index (χ4v) is 2.98. The fraction of sp³-hybridized carbons (Fsp3) is 0.167. The van der Waals surface area contributed by atoms with Gasteiger partial charge >= 0.3 is 5.97 Å². The number of ether oxygens (including phenoxy) is 1. The first kappa shape index (κ1) is 12.1. The Morgan fingerprint density at radius 2 is 2.29 bits per heavy atom. The number of carbonyl (C=O) groups excluding carboxylic acids is 1. The molecule has 0 fully saturated rings. The quantitative estimate of drug-likeness (QED) is 0.795. The predicted octanol–water partition coefficient (Wildman–Crippen LogP) is 3.71. The van der Waals surface area contributed by atoms with Gasteiger partial charge in [0.05, 0.1) is 16.9 Å². The van der Waals surface area contributed by atoms with Crippen molar-refractivity contribution in [3.63, 3.8) is 0 Å². The molecular formula is C12H8BrNO2S. The summed E-state index contributed by atoms with van der Waals surface area (Å²) in [7, 11) is 0. The Balaban J connectivity index is 2.58. The molecule has 1 aromatic heterocycles. The zero-order valence-corrected chi connectivity index (χ0v) is 11.4. The van der Waals surface area contributed by atoms with E-state index in [1.54, 1.807) is 19.1 Å². The van der Waals surface area contributed by atoms with Crippen molar-refractivity contribution in [1.29, 1.82) is 5.26 Å². The van der Waals surface area contributed by atoms with Gasteiger partial charge in [0, 0.05) is 4.47 Å². The van der Waals surface area contributed by atoms with E-state index in [-0.39, 0.29) is 5.97 Å². The Labute approximate surface area is 111 Å². The van der Waals surface area contributed by atoms with Crippen molar-refractivity contribution in [1.82, 2.24) is 0 Å². The van der Waals surface area contributed by atoms with Crippen LogP contribution >= 0.6 is 27.3 Å². The second-order valence-electron chi connectivity index (χ2n) is 3.31. The predicted molar refractivity (Wildman–Crippen MR) is 70.2 cm³/mol. The van der Waals surface area contributed by atoms with Gasteiger partial charge < -0.3 is 4.74 Å². The number of esters is 1. The third-order valence-corrected chi connectivity index (χ3v) is 3.80. The first-order valence-electron chi connectivity index (χ1n) is 4.96. The maximum atomic E-state index is 11.6. The van der Waals surface area contributed by atoms with Crippen molar-refractivity contribution < 1.29 is 9.53 Å². The van der Waals surface area contributed by atoms with Crippen LogP contribution in [-0.2, 0) is 4.74 Å². The molecule has 0 unspecified atom stereocenters. The van der Waals surface area contributed by atoms with E-state index < -0.39 is 0 Å². The van der Waals surface area contributed by atoms with Crippen LogP contribution < -0.4 is 0 Å². The van der Waals surface area contributed by atoms with E-state index in [0.29, 0.717) is 17.0 Å². The topological polar surface area (TPSA) is 50.1 Å². The average molecular weight is 310 g/mol. The van der Waals surface area contributed by atoms with Crippen LogP contribution in [0.4, 0.5) is 0 Å². The second kappa shape index (κ2) is 4.86. The van der Waals surface area contributed by atoms with E-state index in [1.807, 2.05) is 6.07 Å². The molecule has 0 aliphatic heterocycles. The van der Waals surface area contributed by atoms with Gasteiger partial charge in [-0.3, -0.25) is 0 Å². The maximum absolute atomic E-state index is 11.6. The highest BCUT2D eigenvalue weighted by atomic mass is 79.9. The van der Waals surface area contributed by atoms with Gasteiger partial charge in [0.1, 0.15) is 10.9 Å². The van der Waals surface area contributed by atoms with E-state index in [0.717, 1.165) is 14.6 Å². The molecule has 0 saturated carbocycles. The largest absolute Gasteiger partial charge is 0.462 e. The van der Waals surface area contributed by atoms with Gasteiger partial charge in [-0.15, -0.1) is 11.3 Å². The summed E-state index contributed by atoms with van der Waals surface area (Å²) >= 11 is 4.63. The molecule has 0 aliphatic carbocycles. The molecule has 3 nitrogen and oxygen atoms in total. The number of hydrogen-bond donors (Lipinski definition) is 0. The minimum atomic E-state index is -0.339. The number of halogens is 1. The molecule has 1 aromatic carbocycles. The van der Waals surface area contributed by atoms with Crippen LogP contribution in [0.15, 0.2) is 22.7 Å². The number of carbonyl (C=O) groups is 1. The van der Waals surface area contributed by atoms with E-state index in [2.05, 4.69) is 22.0 Å². The molecule has 0 bridgehead atoms. The lowest BCUT2D eigenvalue weighted by Crippen LogP contribution is -2.01. The minimum absolute atomic E-state index is 0.339. The zero-order chi connectivity index (χ0) is 12.4. The number of thiophene rings is 1. The monoisotopic (exact) mass is 309 g/mol.